The molecule has 0 amide bonds. The molecule has 0 atom stereocenters. The summed E-state index contributed by atoms with van der Waals surface area (Å²) in [5.74, 6) is 1.57. The Balaban J connectivity index is 1.62. The Labute approximate surface area is 131 Å². The molecular formula is C17H23N5. The summed E-state index contributed by atoms with van der Waals surface area (Å²) in [6.45, 7) is 4.30. The maximum Gasteiger partial charge on any atom is 0.159 e. The van der Waals surface area contributed by atoms with Crippen LogP contribution in [0.4, 0.5) is 0 Å². The van der Waals surface area contributed by atoms with Gasteiger partial charge < -0.3 is 10.2 Å². The zero-order chi connectivity index (χ0) is 15.2. The van der Waals surface area contributed by atoms with Gasteiger partial charge in [-0.1, -0.05) is 0 Å². The molecule has 1 N–H and O–H groups in total. The zero-order valence-corrected chi connectivity index (χ0v) is 13.1. The Morgan fingerprint density at radius 2 is 1.91 bits per heavy atom. The van der Waals surface area contributed by atoms with Gasteiger partial charge >= 0.3 is 0 Å². The van der Waals surface area contributed by atoms with E-state index >= 15 is 0 Å². The third-order valence-electron chi connectivity index (χ3n) is 4.11. The fourth-order valence-corrected chi connectivity index (χ4v) is 2.97. The van der Waals surface area contributed by atoms with Gasteiger partial charge in [-0.3, -0.25) is 4.98 Å². The molecule has 1 fully saturated rings. The topological polar surface area (TPSA) is 53.9 Å². The fourth-order valence-electron chi connectivity index (χ4n) is 2.97. The van der Waals surface area contributed by atoms with E-state index in [2.05, 4.69) is 32.2 Å². The van der Waals surface area contributed by atoms with Gasteiger partial charge in [-0.25, -0.2) is 9.97 Å². The van der Waals surface area contributed by atoms with Gasteiger partial charge in [0.05, 0.1) is 5.69 Å². The summed E-state index contributed by atoms with van der Waals surface area (Å²) >= 11 is 0. The minimum absolute atomic E-state index is 0.773. The standard InChI is InChI=1S/C17H23N5/c1-22(12-14-2-7-18-8-3-14)13-16-6-11-20-17(21-16)15-4-9-19-10-5-15/h4-6,9-11,14,18H,2-3,7-8,12-13H2,1H3. The van der Waals surface area contributed by atoms with Crippen LogP contribution < -0.4 is 5.32 Å². The highest BCUT2D eigenvalue weighted by Gasteiger charge is 2.15. The Bertz CT molecular complexity index is 581. The van der Waals surface area contributed by atoms with E-state index in [1.165, 1.54) is 12.8 Å². The van der Waals surface area contributed by atoms with Gasteiger partial charge in [-0.15, -0.1) is 0 Å². The number of pyridine rings is 1. The van der Waals surface area contributed by atoms with E-state index in [1.807, 2.05) is 24.4 Å². The van der Waals surface area contributed by atoms with Crippen LogP contribution in [0.2, 0.25) is 0 Å². The van der Waals surface area contributed by atoms with Gasteiger partial charge in [0, 0.05) is 37.2 Å². The zero-order valence-electron chi connectivity index (χ0n) is 13.1. The minimum Gasteiger partial charge on any atom is -0.317 e. The molecule has 5 nitrogen and oxygen atoms in total. The maximum absolute atomic E-state index is 4.68. The summed E-state index contributed by atoms with van der Waals surface area (Å²) in [6, 6.07) is 5.89. The smallest absolute Gasteiger partial charge is 0.159 e. The van der Waals surface area contributed by atoms with E-state index < -0.39 is 0 Å². The van der Waals surface area contributed by atoms with Crippen molar-refractivity contribution in [3.05, 3.63) is 42.5 Å². The summed E-state index contributed by atoms with van der Waals surface area (Å²) in [6.07, 6.45) is 7.94. The fraction of sp³-hybridized carbons (Fsp3) is 0.471. The first-order valence-corrected chi connectivity index (χ1v) is 7.93. The molecule has 116 valence electrons. The molecule has 0 bridgehead atoms. The van der Waals surface area contributed by atoms with Crippen LogP contribution in [0.15, 0.2) is 36.8 Å². The van der Waals surface area contributed by atoms with Crippen LogP contribution in [0, 0.1) is 5.92 Å². The van der Waals surface area contributed by atoms with Crippen molar-refractivity contribution in [2.24, 2.45) is 5.92 Å². The number of hydrogen-bond acceptors (Lipinski definition) is 5. The molecule has 0 aromatic carbocycles. The molecule has 0 spiro atoms. The second-order valence-corrected chi connectivity index (χ2v) is 6.00. The molecule has 2 aromatic rings. The number of aromatic nitrogens is 3. The molecule has 0 unspecified atom stereocenters. The first-order valence-electron chi connectivity index (χ1n) is 7.93. The third kappa shape index (κ3) is 4.08. The second-order valence-electron chi connectivity index (χ2n) is 6.00. The first kappa shape index (κ1) is 15.1. The number of nitrogens with zero attached hydrogens (tertiary/aromatic N) is 4. The molecule has 22 heavy (non-hydrogen) atoms. The van der Waals surface area contributed by atoms with Crippen LogP contribution in [0.3, 0.4) is 0 Å². The largest absolute Gasteiger partial charge is 0.317 e. The number of rotatable bonds is 5. The van der Waals surface area contributed by atoms with Gasteiger partial charge in [0.25, 0.3) is 0 Å². The van der Waals surface area contributed by atoms with E-state index in [9.17, 15) is 0 Å². The van der Waals surface area contributed by atoms with E-state index in [-0.39, 0.29) is 0 Å². The molecule has 1 aliphatic heterocycles. The van der Waals surface area contributed by atoms with Gasteiger partial charge in [0.2, 0.25) is 0 Å². The predicted octanol–water partition coefficient (Wildman–Crippen LogP) is 1.97. The molecule has 3 rings (SSSR count). The summed E-state index contributed by atoms with van der Waals surface area (Å²) < 4.78 is 0. The molecule has 2 aromatic heterocycles. The predicted molar refractivity (Wildman–Crippen MR) is 87.2 cm³/mol. The third-order valence-corrected chi connectivity index (χ3v) is 4.11. The molecule has 0 saturated carbocycles. The molecule has 5 heteroatoms. The monoisotopic (exact) mass is 297 g/mol. The van der Waals surface area contributed by atoms with Gasteiger partial charge in [-0.2, -0.15) is 0 Å². The van der Waals surface area contributed by atoms with Crippen LogP contribution in [0.1, 0.15) is 18.5 Å². The highest BCUT2D eigenvalue weighted by molar-refractivity contribution is 5.53. The number of nitrogens with one attached hydrogen (secondary N) is 1. The van der Waals surface area contributed by atoms with Crippen LogP contribution in [-0.4, -0.2) is 46.5 Å². The van der Waals surface area contributed by atoms with Crippen molar-refractivity contribution in [1.82, 2.24) is 25.2 Å². The lowest BCUT2D eigenvalue weighted by molar-refractivity contribution is 0.232. The Morgan fingerprint density at radius 3 is 2.68 bits per heavy atom. The lowest BCUT2D eigenvalue weighted by Gasteiger charge is -2.27. The molecule has 3 heterocycles. The normalized spacial score (nSPS) is 16.1. The van der Waals surface area contributed by atoms with Crippen molar-refractivity contribution in [2.75, 3.05) is 26.7 Å². The summed E-state index contributed by atoms with van der Waals surface area (Å²) in [5, 5.41) is 3.42. The van der Waals surface area contributed by atoms with Crippen molar-refractivity contribution in [3.8, 4) is 11.4 Å². The number of hydrogen-bond donors (Lipinski definition) is 1. The van der Waals surface area contributed by atoms with Crippen molar-refractivity contribution in [3.63, 3.8) is 0 Å². The summed E-state index contributed by atoms with van der Waals surface area (Å²) in [4.78, 5) is 15.5. The van der Waals surface area contributed by atoms with Crippen molar-refractivity contribution in [2.45, 2.75) is 19.4 Å². The van der Waals surface area contributed by atoms with E-state index in [4.69, 9.17) is 0 Å². The SMILES string of the molecule is CN(Cc1ccnc(-c2ccncc2)n1)CC1CCNCC1. The van der Waals surface area contributed by atoms with Crippen molar-refractivity contribution >= 4 is 0 Å². The Morgan fingerprint density at radius 1 is 1.14 bits per heavy atom. The Hall–Kier alpha value is -1.85. The average molecular weight is 297 g/mol. The summed E-state index contributed by atoms with van der Waals surface area (Å²) in [7, 11) is 2.18. The molecular weight excluding hydrogens is 274 g/mol. The summed E-state index contributed by atoms with van der Waals surface area (Å²) in [5.41, 5.74) is 2.08. The number of piperidine rings is 1. The second kappa shape index (κ2) is 7.42. The van der Waals surface area contributed by atoms with Crippen molar-refractivity contribution in [1.29, 1.82) is 0 Å². The minimum atomic E-state index is 0.773. The van der Waals surface area contributed by atoms with Gasteiger partial charge in [0.1, 0.15) is 0 Å². The van der Waals surface area contributed by atoms with Crippen LogP contribution >= 0.6 is 0 Å². The van der Waals surface area contributed by atoms with E-state index in [0.717, 1.165) is 49.2 Å². The molecule has 1 saturated heterocycles. The molecule has 0 radical (unpaired) electrons. The highest BCUT2D eigenvalue weighted by atomic mass is 15.1. The quantitative estimate of drug-likeness (QED) is 0.914. The lowest BCUT2D eigenvalue weighted by Crippen LogP contribution is -2.34. The Kier molecular flexibility index (Phi) is 5.08. The highest BCUT2D eigenvalue weighted by Crippen LogP contribution is 2.16. The van der Waals surface area contributed by atoms with Gasteiger partial charge in [0.15, 0.2) is 5.82 Å². The van der Waals surface area contributed by atoms with E-state index in [0.29, 0.717) is 0 Å². The first-order chi connectivity index (χ1) is 10.8. The maximum atomic E-state index is 4.68. The van der Waals surface area contributed by atoms with Gasteiger partial charge in [-0.05, 0) is 57.1 Å². The molecule has 0 aliphatic carbocycles. The van der Waals surface area contributed by atoms with Crippen LogP contribution in [0.5, 0.6) is 0 Å². The van der Waals surface area contributed by atoms with Crippen molar-refractivity contribution < 1.29 is 0 Å². The van der Waals surface area contributed by atoms with E-state index in [1.54, 1.807) is 12.4 Å². The van der Waals surface area contributed by atoms with Crippen LogP contribution in [-0.2, 0) is 6.54 Å². The van der Waals surface area contributed by atoms with Crippen LogP contribution in [0.25, 0.3) is 11.4 Å². The molecule has 1 aliphatic rings. The average Bonchev–Trinajstić information content (AvgIpc) is 2.57. The lowest BCUT2D eigenvalue weighted by atomic mass is 9.98.